The summed E-state index contributed by atoms with van der Waals surface area (Å²) in [5.74, 6) is 1.24. The predicted octanol–water partition coefficient (Wildman–Crippen LogP) is 2.13. The first-order valence-corrected chi connectivity index (χ1v) is 8.55. The lowest BCUT2D eigenvalue weighted by atomic mass is 9.77. The van der Waals surface area contributed by atoms with E-state index in [9.17, 15) is 4.79 Å². The van der Waals surface area contributed by atoms with Crippen molar-refractivity contribution < 1.29 is 18.8 Å². The summed E-state index contributed by atoms with van der Waals surface area (Å²) >= 11 is 0. The van der Waals surface area contributed by atoms with Gasteiger partial charge in [-0.1, -0.05) is 0 Å². The van der Waals surface area contributed by atoms with Gasteiger partial charge >= 0.3 is 7.12 Å². The zero-order valence-corrected chi connectivity index (χ0v) is 15.1. The van der Waals surface area contributed by atoms with Crippen LogP contribution < -0.4 is 15.5 Å². The molecule has 1 aromatic rings. The third-order valence-electron chi connectivity index (χ3n) is 5.25. The van der Waals surface area contributed by atoms with Crippen LogP contribution in [0.2, 0.25) is 0 Å². The van der Waals surface area contributed by atoms with Gasteiger partial charge in [0.25, 0.3) is 5.91 Å². The second-order valence-corrected chi connectivity index (χ2v) is 7.70. The highest BCUT2D eigenvalue weighted by Gasteiger charge is 2.52. The van der Waals surface area contributed by atoms with Crippen molar-refractivity contribution in [1.82, 2.24) is 5.32 Å². The summed E-state index contributed by atoms with van der Waals surface area (Å²) < 4.78 is 17.6. The molecule has 0 atom stereocenters. The monoisotopic (exact) mass is 331 g/mol. The molecule has 2 aliphatic rings. The van der Waals surface area contributed by atoms with E-state index in [0.29, 0.717) is 17.2 Å². The van der Waals surface area contributed by atoms with E-state index in [4.69, 9.17) is 14.0 Å². The Hall–Kier alpha value is -1.53. The van der Waals surface area contributed by atoms with Crippen molar-refractivity contribution in [3.05, 3.63) is 23.8 Å². The smallest absolute Gasteiger partial charge is 0.497 e. The van der Waals surface area contributed by atoms with E-state index < -0.39 is 18.3 Å². The fraction of sp³-hybridized carbons (Fsp3) is 0.611. The van der Waals surface area contributed by atoms with E-state index in [0.717, 1.165) is 12.0 Å². The van der Waals surface area contributed by atoms with Gasteiger partial charge in [0.15, 0.2) is 0 Å². The lowest BCUT2D eigenvalue weighted by Gasteiger charge is -2.32. The quantitative estimate of drug-likeness (QED) is 0.840. The van der Waals surface area contributed by atoms with Gasteiger partial charge in [0, 0.05) is 17.6 Å². The lowest BCUT2D eigenvalue weighted by molar-refractivity contribution is 0.00578. The number of carbonyl (C=O) groups excluding carboxylic acids is 1. The molecule has 0 bridgehead atoms. The van der Waals surface area contributed by atoms with Crippen molar-refractivity contribution in [2.24, 2.45) is 5.92 Å². The number of nitrogens with one attached hydrogen (secondary N) is 1. The van der Waals surface area contributed by atoms with E-state index in [1.807, 2.05) is 33.8 Å². The van der Waals surface area contributed by atoms with E-state index in [2.05, 4.69) is 5.32 Å². The fourth-order valence-electron chi connectivity index (χ4n) is 2.69. The number of hydrogen-bond acceptors (Lipinski definition) is 4. The molecule has 1 N–H and O–H groups in total. The van der Waals surface area contributed by atoms with Crippen LogP contribution in [0, 0.1) is 5.92 Å². The Balaban J connectivity index is 1.83. The molecule has 0 aromatic heterocycles. The van der Waals surface area contributed by atoms with Crippen molar-refractivity contribution in [3.63, 3.8) is 0 Å². The molecule has 130 valence electrons. The zero-order chi connectivity index (χ0) is 17.5. The summed E-state index contributed by atoms with van der Waals surface area (Å²) in [6.45, 7) is 8.77. The van der Waals surface area contributed by atoms with Crippen molar-refractivity contribution >= 4 is 18.5 Å². The minimum Gasteiger partial charge on any atom is -0.497 e. The molecular formula is C18H26BNO4. The third-order valence-corrected chi connectivity index (χ3v) is 5.25. The highest BCUT2D eigenvalue weighted by molar-refractivity contribution is 6.63. The Morgan fingerprint density at radius 3 is 2.42 bits per heavy atom. The molecule has 3 rings (SSSR count). The third kappa shape index (κ3) is 3.30. The highest BCUT2D eigenvalue weighted by Crippen LogP contribution is 2.37. The number of benzene rings is 1. The van der Waals surface area contributed by atoms with E-state index in [1.165, 1.54) is 12.8 Å². The van der Waals surface area contributed by atoms with Gasteiger partial charge < -0.3 is 19.4 Å². The number of amides is 1. The zero-order valence-electron chi connectivity index (χ0n) is 15.1. The molecule has 0 spiro atoms. The minimum atomic E-state index is -0.555. The average Bonchev–Trinajstić information content (AvgIpc) is 3.31. The summed E-state index contributed by atoms with van der Waals surface area (Å²) in [5.41, 5.74) is 0.469. The molecule has 1 aromatic carbocycles. The first kappa shape index (κ1) is 17.3. The van der Waals surface area contributed by atoms with Crippen LogP contribution in [0.15, 0.2) is 18.2 Å². The fourth-order valence-corrected chi connectivity index (χ4v) is 2.69. The van der Waals surface area contributed by atoms with Crippen molar-refractivity contribution in [2.75, 3.05) is 13.7 Å². The molecule has 5 nitrogen and oxygen atoms in total. The molecule has 0 radical (unpaired) electrons. The average molecular weight is 331 g/mol. The molecular weight excluding hydrogens is 305 g/mol. The summed E-state index contributed by atoms with van der Waals surface area (Å²) in [7, 11) is 1.05. The predicted molar refractivity (Wildman–Crippen MR) is 93.8 cm³/mol. The Bertz CT molecular complexity index is 624. The Morgan fingerprint density at radius 1 is 1.25 bits per heavy atom. The van der Waals surface area contributed by atoms with Gasteiger partial charge in [-0.15, -0.1) is 0 Å². The van der Waals surface area contributed by atoms with E-state index in [-0.39, 0.29) is 5.91 Å². The normalized spacial score (nSPS) is 21.6. The Kier molecular flexibility index (Phi) is 4.38. The van der Waals surface area contributed by atoms with Crippen LogP contribution in [0.1, 0.15) is 50.9 Å². The molecule has 0 unspecified atom stereocenters. The first-order chi connectivity index (χ1) is 11.2. The highest BCUT2D eigenvalue weighted by atomic mass is 16.7. The maximum Gasteiger partial charge on any atom is 0.498 e. The molecule has 24 heavy (non-hydrogen) atoms. The number of methoxy groups -OCH3 is 1. The van der Waals surface area contributed by atoms with Gasteiger partial charge in [0.1, 0.15) is 5.75 Å². The molecule has 6 heteroatoms. The van der Waals surface area contributed by atoms with Crippen LogP contribution in [0.4, 0.5) is 0 Å². The lowest BCUT2D eigenvalue weighted by Crippen LogP contribution is -2.41. The Morgan fingerprint density at radius 2 is 1.88 bits per heavy atom. The number of carbonyl (C=O) groups is 1. The maximum absolute atomic E-state index is 12.4. The summed E-state index contributed by atoms with van der Waals surface area (Å²) in [6, 6.07) is 5.38. The van der Waals surface area contributed by atoms with Crippen LogP contribution in [0.5, 0.6) is 5.75 Å². The van der Waals surface area contributed by atoms with E-state index in [1.54, 1.807) is 19.2 Å². The van der Waals surface area contributed by atoms with Gasteiger partial charge in [-0.05, 0) is 64.7 Å². The molecule has 2 fully saturated rings. The maximum atomic E-state index is 12.4. The van der Waals surface area contributed by atoms with Crippen LogP contribution in [0.25, 0.3) is 0 Å². The summed E-state index contributed by atoms with van der Waals surface area (Å²) in [5, 5.41) is 2.99. The van der Waals surface area contributed by atoms with Gasteiger partial charge in [0.2, 0.25) is 0 Å². The topological polar surface area (TPSA) is 56.8 Å². The van der Waals surface area contributed by atoms with Crippen LogP contribution in [-0.4, -0.2) is 37.9 Å². The van der Waals surface area contributed by atoms with Gasteiger partial charge in [-0.3, -0.25) is 4.79 Å². The number of rotatable bonds is 5. The second-order valence-electron chi connectivity index (χ2n) is 7.70. The molecule has 1 aliphatic heterocycles. The first-order valence-electron chi connectivity index (χ1n) is 8.55. The second kappa shape index (κ2) is 6.08. The number of ether oxygens (including phenoxy) is 1. The number of hydrogen-bond donors (Lipinski definition) is 1. The molecule has 1 heterocycles. The van der Waals surface area contributed by atoms with Crippen LogP contribution in [-0.2, 0) is 9.31 Å². The van der Waals surface area contributed by atoms with E-state index >= 15 is 0 Å². The van der Waals surface area contributed by atoms with Gasteiger partial charge in [-0.2, -0.15) is 0 Å². The van der Waals surface area contributed by atoms with Crippen LogP contribution >= 0.6 is 0 Å². The van der Waals surface area contributed by atoms with Gasteiger partial charge in [0.05, 0.1) is 18.3 Å². The molecule has 1 aliphatic carbocycles. The summed E-state index contributed by atoms with van der Waals surface area (Å²) in [6.07, 6.45) is 2.42. The van der Waals surface area contributed by atoms with Gasteiger partial charge in [-0.25, -0.2) is 0 Å². The summed E-state index contributed by atoms with van der Waals surface area (Å²) in [4.78, 5) is 12.4. The Labute approximate surface area is 144 Å². The van der Waals surface area contributed by atoms with Crippen LogP contribution in [0.3, 0.4) is 0 Å². The van der Waals surface area contributed by atoms with Crippen molar-refractivity contribution in [3.8, 4) is 5.75 Å². The molecule has 1 amide bonds. The molecule has 1 saturated carbocycles. The molecule has 1 saturated heterocycles. The van der Waals surface area contributed by atoms with Crippen molar-refractivity contribution in [2.45, 2.75) is 51.7 Å². The largest absolute Gasteiger partial charge is 0.498 e. The SMILES string of the molecule is COc1ccc(C(=O)NCC2CC2)cc1B1OC(C)(C)C(C)(C)O1. The van der Waals surface area contributed by atoms with Crippen molar-refractivity contribution in [1.29, 1.82) is 0 Å². The standard InChI is InChI=1S/C18H26BNO4/c1-17(2)18(3,4)24-19(23-17)14-10-13(8-9-15(14)22-5)16(21)20-11-12-6-7-12/h8-10,12H,6-7,11H2,1-5H3,(H,20,21). The minimum absolute atomic E-state index is 0.0673.